The van der Waals surface area contributed by atoms with Gasteiger partial charge in [-0.2, -0.15) is 5.11 Å². The fraction of sp³-hybridized carbons (Fsp3) is 0.111. The van der Waals surface area contributed by atoms with E-state index in [4.69, 9.17) is 4.42 Å². The van der Waals surface area contributed by atoms with Gasteiger partial charge in [-0.3, -0.25) is 9.36 Å². The molecule has 2 atom stereocenters. The average molecular weight is 411 g/mol. The molecule has 0 radical (unpaired) electrons. The molecule has 26 heavy (non-hydrogen) atoms. The molecular formula is C18H11BrN4O3. The zero-order chi connectivity index (χ0) is 17.8. The number of benzene rings is 2. The van der Waals surface area contributed by atoms with Gasteiger partial charge in [0.15, 0.2) is 18.0 Å². The molecule has 2 aromatic heterocycles. The van der Waals surface area contributed by atoms with Crippen LogP contribution in [0.5, 0.6) is 0 Å². The van der Waals surface area contributed by atoms with Crippen LogP contribution in [0.4, 0.5) is 5.95 Å². The Morgan fingerprint density at radius 3 is 2.92 bits per heavy atom. The van der Waals surface area contributed by atoms with Gasteiger partial charge in [0.05, 0.1) is 11.0 Å². The largest absolute Gasteiger partial charge is 0.453 e. The summed E-state index contributed by atoms with van der Waals surface area (Å²) in [6, 6.07) is 13.3. The molecule has 2 unspecified atom stereocenters. The van der Waals surface area contributed by atoms with Gasteiger partial charge in [-0.15, -0.1) is 5.11 Å². The van der Waals surface area contributed by atoms with E-state index in [2.05, 4.69) is 31.1 Å². The SMILES string of the molecule is O=C(c1cc2cc(Br)ccc2o1)C1N=Nc2nc3ccccc3n2C1O. The lowest BCUT2D eigenvalue weighted by Gasteiger charge is -2.22. The fourth-order valence-electron chi connectivity index (χ4n) is 3.15. The van der Waals surface area contributed by atoms with Crippen molar-refractivity contribution >= 4 is 49.7 Å². The molecule has 4 aromatic rings. The van der Waals surface area contributed by atoms with Gasteiger partial charge in [0.2, 0.25) is 5.78 Å². The molecule has 8 heteroatoms. The van der Waals surface area contributed by atoms with Crippen LogP contribution in [0.15, 0.2) is 67.6 Å². The Hall–Kier alpha value is -2.84. The number of carbonyl (C=O) groups excluding carboxylic acids is 1. The summed E-state index contributed by atoms with van der Waals surface area (Å²) in [6.07, 6.45) is -1.21. The Morgan fingerprint density at radius 1 is 1.19 bits per heavy atom. The van der Waals surface area contributed by atoms with E-state index in [9.17, 15) is 9.90 Å². The molecule has 0 aliphatic carbocycles. The van der Waals surface area contributed by atoms with E-state index in [1.807, 2.05) is 36.4 Å². The number of hydrogen-bond acceptors (Lipinski definition) is 6. The number of fused-ring (bicyclic) bond motifs is 4. The number of aliphatic hydroxyl groups excluding tert-OH is 1. The van der Waals surface area contributed by atoms with Crippen LogP contribution in [0.1, 0.15) is 16.8 Å². The van der Waals surface area contributed by atoms with Crippen LogP contribution < -0.4 is 0 Å². The highest BCUT2D eigenvalue weighted by Crippen LogP contribution is 2.34. The van der Waals surface area contributed by atoms with Crippen LogP contribution in [0.2, 0.25) is 0 Å². The predicted molar refractivity (Wildman–Crippen MR) is 97.5 cm³/mol. The summed E-state index contributed by atoms with van der Waals surface area (Å²) in [5.41, 5.74) is 1.97. The summed E-state index contributed by atoms with van der Waals surface area (Å²) in [4.78, 5) is 17.2. The zero-order valence-electron chi connectivity index (χ0n) is 13.2. The van der Waals surface area contributed by atoms with Crippen LogP contribution in [0.3, 0.4) is 0 Å². The lowest BCUT2D eigenvalue weighted by Crippen LogP contribution is -2.31. The number of para-hydroxylation sites is 2. The van der Waals surface area contributed by atoms with Crippen LogP contribution in [0, 0.1) is 0 Å². The first-order valence-corrected chi connectivity index (χ1v) is 8.70. The smallest absolute Gasteiger partial charge is 0.252 e. The summed E-state index contributed by atoms with van der Waals surface area (Å²) < 4.78 is 8.04. The molecule has 0 spiro atoms. The lowest BCUT2D eigenvalue weighted by molar-refractivity contribution is 0.0556. The third-order valence-electron chi connectivity index (χ3n) is 4.39. The number of ketones is 1. The Balaban J connectivity index is 1.56. The van der Waals surface area contributed by atoms with Crippen molar-refractivity contribution in [2.45, 2.75) is 12.3 Å². The Kier molecular flexibility index (Phi) is 3.31. The van der Waals surface area contributed by atoms with E-state index in [0.29, 0.717) is 16.6 Å². The number of aromatic nitrogens is 2. The van der Waals surface area contributed by atoms with Crippen LogP contribution in [-0.2, 0) is 0 Å². The van der Waals surface area contributed by atoms with Crippen molar-refractivity contribution < 1.29 is 14.3 Å². The molecule has 0 fully saturated rings. The normalized spacial score (nSPS) is 19.2. The van der Waals surface area contributed by atoms with Crippen molar-refractivity contribution in [2.24, 2.45) is 10.2 Å². The van der Waals surface area contributed by atoms with E-state index >= 15 is 0 Å². The lowest BCUT2D eigenvalue weighted by atomic mass is 10.1. The summed E-state index contributed by atoms with van der Waals surface area (Å²) >= 11 is 3.39. The average Bonchev–Trinajstić information content (AvgIpc) is 3.22. The molecule has 1 aliphatic heterocycles. The molecule has 1 aliphatic rings. The maximum atomic E-state index is 12.9. The van der Waals surface area contributed by atoms with E-state index < -0.39 is 18.1 Å². The number of aliphatic hydroxyl groups is 1. The third-order valence-corrected chi connectivity index (χ3v) is 4.88. The topological polar surface area (TPSA) is 93.0 Å². The number of rotatable bonds is 2. The van der Waals surface area contributed by atoms with E-state index in [0.717, 1.165) is 9.86 Å². The molecule has 0 saturated heterocycles. The number of halogens is 1. The minimum Gasteiger partial charge on any atom is -0.453 e. The number of azo groups is 1. The Morgan fingerprint density at radius 2 is 2.04 bits per heavy atom. The molecule has 2 aromatic carbocycles. The molecule has 3 heterocycles. The highest BCUT2D eigenvalue weighted by atomic mass is 79.9. The second kappa shape index (κ2) is 5.58. The molecular weight excluding hydrogens is 400 g/mol. The van der Waals surface area contributed by atoms with Crippen molar-refractivity contribution in [2.75, 3.05) is 0 Å². The molecule has 5 rings (SSSR count). The molecule has 128 valence electrons. The van der Waals surface area contributed by atoms with Crippen LogP contribution in [0.25, 0.3) is 22.0 Å². The number of carbonyl (C=O) groups is 1. The van der Waals surface area contributed by atoms with E-state index in [1.165, 1.54) is 4.57 Å². The number of imidazole rings is 1. The van der Waals surface area contributed by atoms with Crippen molar-refractivity contribution in [3.05, 3.63) is 58.8 Å². The molecule has 0 bridgehead atoms. The Bertz CT molecular complexity index is 1210. The summed E-state index contributed by atoms with van der Waals surface area (Å²) in [5.74, 6) is -0.0257. The van der Waals surface area contributed by atoms with Crippen molar-refractivity contribution in [3.63, 3.8) is 0 Å². The van der Waals surface area contributed by atoms with Crippen LogP contribution in [-0.4, -0.2) is 26.5 Å². The first kappa shape index (κ1) is 15.4. The number of hydrogen-bond donors (Lipinski definition) is 1. The van der Waals surface area contributed by atoms with Crippen molar-refractivity contribution in [1.29, 1.82) is 0 Å². The van der Waals surface area contributed by atoms with Gasteiger partial charge in [0.25, 0.3) is 5.95 Å². The van der Waals surface area contributed by atoms with Gasteiger partial charge >= 0.3 is 0 Å². The first-order chi connectivity index (χ1) is 12.6. The van der Waals surface area contributed by atoms with Gasteiger partial charge in [-0.05, 0) is 36.4 Å². The quantitative estimate of drug-likeness (QED) is 0.496. The first-order valence-electron chi connectivity index (χ1n) is 7.91. The second-order valence-corrected chi connectivity index (χ2v) is 6.92. The van der Waals surface area contributed by atoms with Gasteiger partial charge in [0, 0.05) is 9.86 Å². The standard InChI is InChI=1S/C18H11BrN4O3/c19-10-5-6-13-9(7-10)8-14(26-13)16(24)15-17(25)23-12-4-2-1-3-11(12)20-18(23)22-21-15/h1-8,15,17,25H. The monoisotopic (exact) mass is 410 g/mol. The van der Waals surface area contributed by atoms with Crippen molar-refractivity contribution in [1.82, 2.24) is 9.55 Å². The number of furan rings is 1. The number of nitrogens with zero attached hydrogens (tertiary/aromatic N) is 4. The van der Waals surface area contributed by atoms with E-state index in [-0.39, 0.29) is 11.7 Å². The van der Waals surface area contributed by atoms with Gasteiger partial charge in [-0.1, -0.05) is 28.1 Å². The zero-order valence-corrected chi connectivity index (χ0v) is 14.8. The maximum absolute atomic E-state index is 12.9. The maximum Gasteiger partial charge on any atom is 0.252 e. The molecule has 7 nitrogen and oxygen atoms in total. The molecule has 1 N–H and O–H groups in total. The second-order valence-electron chi connectivity index (χ2n) is 6.00. The Labute approximate surface area is 155 Å². The number of Topliss-reactive ketones (excluding diaryl/α,β-unsaturated/α-hetero) is 1. The minimum atomic E-state index is -1.21. The van der Waals surface area contributed by atoms with Crippen LogP contribution >= 0.6 is 15.9 Å². The predicted octanol–water partition coefficient (Wildman–Crippen LogP) is 4.38. The van der Waals surface area contributed by atoms with Crippen molar-refractivity contribution in [3.8, 4) is 0 Å². The summed E-state index contributed by atoms with van der Waals surface area (Å²) in [7, 11) is 0. The van der Waals surface area contributed by atoms with E-state index in [1.54, 1.807) is 12.1 Å². The van der Waals surface area contributed by atoms with Gasteiger partial charge in [0.1, 0.15) is 5.58 Å². The third kappa shape index (κ3) is 2.23. The minimum absolute atomic E-state index is 0.133. The van der Waals surface area contributed by atoms with Gasteiger partial charge in [-0.25, -0.2) is 4.98 Å². The molecule has 0 saturated carbocycles. The summed E-state index contributed by atoms with van der Waals surface area (Å²) in [5, 5.41) is 19.6. The highest BCUT2D eigenvalue weighted by Gasteiger charge is 2.36. The summed E-state index contributed by atoms with van der Waals surface area (Å²) in [6.45, 7) is 0. The van der Waals surface area contributed by atoms with Gasteiger partial charge < -0.3 is 9.52 Å². The highest BCUT2D eigenvalue weighted by molar-refractivity contribution is 9.10. The molecule has 0 amide bonds. The fourth-order valence-corrected chi connectivity index (χ4v) is 3.53.